The predicted octanol–water partition coefficient (Wildman–Crippen LogP) is 4.56. The van der Waals surface area contributed by atoms with Crippen LogP contribution < -0.4 is 4.74 Å². The van der Waals surface area contributed by atoms with Gasteiger partial charge in [0.2, 0.25) is 5.91 Å². The molecule has 0 saturated carbocycles. The molecule has 21 heavy (non-hydrogen) atoms. The van der Waals surface area contributed by atoms with E-state index in [-0.39, 0.29) is 18.0 Å². The van der Waals surface area contributed by atoms with Crippen molar-refractivity contribution in [1.29, 1.82) is 0 Å². The number of amides is 1. The Hall–Kier alpha value is -1.03. The average Bonchev–Trinajstić information content (AvgIpc) is 2.35. The van der Waals surface area contributed by atoms with Crippen molar-refractivity contribution in [1.82, 2.24) is 4.90 Å². The average molecular weight is 356 g/mol. The van der Waals surface area contributed by atoms with Gasteiger partial charge in [-0.2, -0.15) is 0 Å². The number of nitrogens with zero attached hydrogens (tertiary/aromatic N) is 1. The van der Waals surface area contributed by atoms with Crippen molar-refractivity contribution in [2.75, 3.05) is 6.61 Å². The van der Waals surface area contributed by atoms with Gasteiger partial charge in [-0.05, 0) is 74.7 Å². The Kier molecular flexibility index (Phi) is 7.23. The topological polar surface area (TPSA) is 29.5 Å². The van der Waals surface area contributed by atoms with Crippen molar-refractivity contribution >= 4 is 21.8 Å². The summed E-state index contributed by atoms with van der Waals surface area (Å²) < 4.78 is 6.68. The Morgan fingerprint density at radius 3 is 2.38 bits per heavy atom. The van der Waals surface area contributed by atoms with Crippen molar-refractivity contribution in [2.45, 2.75) is 59.5 Å². The third kappa shape index (κ3) is 5.70. The lowest BCUT2D eigenvalue weighted by Gasteiger charge is -2.30. The summed E-state index contributed by atoms with van der Waals surface area (Å²) in [6, 6.07) is 6.48. The van der Waals surface area contributed by atoms with E-state index in [1.165, 1.54) is 5.56 Å². The summed E-state index contributed by atoms with van der Waals surface area (Å²) in [5.74, 6) is 1.03. The molecule has 0 aliphatic heterocycles. The van der Waals surface area contributed by atoms with Gasteiger partial charge in [-0.15, -0.1) is 0 Å². The Morgan fingerprint density at radius 1 is 1.24 bits per heavy atom. The molecule has 0 radical (unpaired) electrons. The van der Waals surface area contributed by atoms with Crippen molar-refractivity contribution in [2.24, 2.45) is 0 Å². The number of carbonyl (C=O) groups excluding carboxylic acids is 1. The molecule has 1 aromatic rings. The molecule has 4 heteroatoms. The normalized spacial score (nSPS) is 11.0. The van der Waals surface area contributed by atoms with Gasteiger partial charge in [0.05, 0.1) is 11.1 Å². The zero-order valence-corrected chi connectivity index (χ0v) is 15.2. The molecule has 0 aromatic heterocycles. The maximum Gasteiger partial charge on any atom is 0.223 e. The minimum atomic E-state index is 0.201. The smallest absolute Gasteiger partial charge is 0.223 e. The van der Waals surface area contributed by atoms with Gasteiger partial charge in [0.25, 0.3) is 0 Å². The van der Waals surface area contributed by atoms with Gasteiger partial charge in [-0.1, -0.05) is 6.07 Å². The van der Waals surface area contributed by atoms with Crippen LogP contribution >= 0.6 is 15.9 Å². The molecule has 0 heterocycles. The van der Waals surface area contributed by atoms with Crippen LogP contribution in [0.25, 0.3) is 0 Å². The van der Waals surface area contributed by atoms with Gasteiger partial charge in [0.1, 0.15) is 5.75 Å². The quantitative estimate of drug-likeness (QED) is 0.670. The summed E-state index contributed by atoms with van der Waals surface area (Å²) in [7, 11) is 0. The molecule has 3 nitrogen and oxygen atoms in total. The summed E-state index contributed by atoms with van der Waals surface area (Å²) in [5, 5.41) is 0. The monoisotopic (exact) mass is 355 g/mol. The molecule has 1 amide bonds. The van der Waals surface area contributed by atoms with Crippen LogP contribution in [0.15, 0.2) is 22.7 Å². The maximum atomic E-state index is 12.2. The molecule has 0 N–H and O–H groups in total. The first kappa shape index (κ1) is 18.0. The number of ether oxygens (including phenoxy) is 1. The van der Waals surface area contributed by atoms with Gasteiger partial charge < -0.3 is 9.64 Å². The molecule has 118 valence electrons. The molecule has 0 atom stereocenters. The second-order valence-electron chi connectivity index (χ2n) is 5.87. The molecule has 1 aromatic carbocycles. The second kappa shape index (κ2) is 8.42. The molecule has 0 fully saturated rings. The van der Waals surface area contributed by atoms with Crippen LogP contribution in [0.3, 0.4) is 0 Å². The summed E-state index contributed by atoms with van der Waals surface area (Å²) in [6.07, 6.45) is 1.26. The fourth-order valence-electron chi connectivity index (χ4n) is 2.43. The number of halogens is 1. The Bertz CT molecular complexity index is 464. The van der Waals surface area contributed by atoms with Crippen molar-refractivity contribution in [3.05, 3.63) is 28.2 Å². The van der Waals surface area contributed by atoms with Gasteiger partial charge in [0, 0.05) is 18.5 Å². The first-order valence-corrected chi connectivity index (χ1v) is 8.32. The van der Waals surface area contributed by atoms with E-state index in [9.17, 15) is 4.79 Å². The van der Waals surface area contributed by atoms with Crippen molar-refractivity contribution in [3.8, 4) is 5.75 Å². The summed E-state index contributed by atoms with van der Waals surface area (Å²) in [4.78, 5) is 14.1. The second-order valence-corrected chi connectivity index (χ2v) is 6.73. The third-order valence-electron chi connectivity index (χ3n) is 3.28. The molecule has 0 unspecified atom stereocenters. The molecular formula is C17H26BrNO2. The summed E-state index contributed by atoms with van der Waals surface area (Å²) >= 11 is 3.49. The van der Waals surface area contributed by atoms with E-state index in [1.54, 1.807) is 0 Å². The van der Waals surface area contributed by atoms with Crippen LogP contribution in [0, 0.1) is 6.92 Å². The number of aryl methyl sites for hydroxylation is 1. The van der Waals surface area contributed by atoms with E-state index in [0.717, 1.165) is 16.6 Å². The number of hydrogen-bond donors (Lipinski definition) is 0. The first-order chi connectivity index (χ1) is 9.82. The Labute approximate surface area is 136 Å². The van der Waals surface area contributed by atoms with Crippen LogP contribution in [0.2, 0.25) is 0 Å². The highest BCUT2D eigenvalue weighted by atomic mass is 79.9. The van der Waals surface area contributed by atoms with E-state index in [4.69, 9.17) is 4.74 Å². The highest BCUT2D eigenvalue weighted by Crippen LogP contribution is 2.25. The van der Waals surface area contributed by atoms with E-state index in [1.807, 2.05) is 30.0 Å². The minimum absolute atomic E-state index is 0.201. The lowest BCUT2D eigenvalue weighted by molar-refractivity contribution is -0.135. The number of hydrogen-bond acceptors (Lipinski definition) is 2. The van der Waals surface area contributed by atoms with Gasteiger partial charge in [-0.25, -0.2) is 0 Å². The molecule has 1 rings (SSSR count). The highest BCUT2D eigenvalue weighted by Gasteiger charge is 2.19. The van der Waals surface area contributed by atoms with E-state index < -0.39 is 0 Å². The van der Waals surface area contributed by atoms with Crippen molar-refractivity contribution in [3.63, 3.8) is 0 Å². The van der Waals surface area contributed by atoms with Crippen LogP contribution in [-0.4, -0.2) is 29.5 Å². The lowest BCUT2D eigenvalue weighted by Crippen LogP contribution is -2.42. The molecule has 0 saturated heterocycles. The number of rotatable bonds is 7. The zero-order valence-electron chi connectivity index (χ0n) is 13.6. The number of benzene rings is 1. The van der Waals surface area contributed by atoms with Gasteiger partial charge in [0.15, 0.2) is 0 Å². The van der Waals surface area contributed by atoms with Gasteiger partial charge >= 0.3 is 0 Å². The molecule has 0 aliphatic carbocycles. The molecule has 0 aliphatic rings. The summed E-state index contributed by atoms with van der Waals surface area (Å²) in [6.45, 7) is 10.8. The summed E-state index contributed by atoms with van der Waals surface area (Å²) in [5.41, 5.74) is 1.19. The SMILES string of the molecule is Cc1ccc(OCCCC(=O)N(C(C)C)C(C)C)c(Br)c1. The lowest BCUT2D eigenvalue weighted by atomic mass is 10.2. The molecule has 0 spiro atoms. The Morgan fingerprint density at radius 2 is 1.86 bits per heavy atom. The van der Waals surface area contributed by atoms with Crippen LogP contribution in [0.1, 0.15) is 46.1 Å². The first-order valence-electron chi connectivity index (χ1n) is 7.53. The fraction of sp³-hybridized carbons (Fsp3) is 0.588. The predicted molar refractivity (Wildman–Crippen MR) is 90.7 cm³/mol. The van der Waals surface area contributed by atoms with E-state index in [0.29, 0.717) is 13.0 Å². The number of carbonyl (C=O) groups is 1. The van der Waals surface area contributed by atoms with Gasteiger partial charge in [-0.3, -0.25) is 4.79 Å². The molecular weight excluding hydrogens is 330 g/mol. The third-order valence-corrected chi connectivity index (χ3v) is 3.90. The van der Waals surface area contributed by atoms with Crippen LogP contribution in [0.5, 0.6) is 5.75 Å². The fourth-order valence-corrected chi connectivity index (χ4v) is 3.04. The van der Waals surface area contributed by atoms with Crippen LogP contribution in [0.4, 0.5) is 0 Å². The highest BCUT2D eigenvalue weighted by molar-refractivity contribution is 9.10. The van der Waals surface area contributed by atoms with E-state index in [2.05, 4.69) is 43.6 Å². The minimum Gasteiger partial charge on any atom is -0.492 e. The zero-order chi connectivity index (χ0) is 16.0. The largest absolute Gasteiger partial charge is 0.492 e. The Balaban J connectivity index is 2.41. The van der Waals surface area contributed by atoms with E-state index >= 15 is 0 Å². The maximum absolute atomic E-state index is 12.2. The van der Waals surface area contributed by atoms with Crippen LogP contribution in [-0.2, 0) is 4.79 Å². The molecule has 0 bridgehead atoms. The standard InChI is InChI=1S/C17H26BrNO2/c1-12(2)19(13(3)4)17(20)7-6-10-21-16-9-8-14(5)11-15(16)18/h8-9,11-13H,6-7,10H2,1-5H3. The van der Waals surface area contributed by atoms with Crippen molar-refractivity contribution < 1.29 is 9.53 Å².